The molecule has 3 aromatic rings. The van der Waals surface area contributed by atoms with E-state index in [-0.39, 0.29) is 12.1 Å². The number of ether oxygens (including phenoxy) is 3. The Labute approximate surface area is 293 Å². The number of carbonyl (C=O) groups excluding carboxylic acids is 1. The Balaban J connectivity index is 1.34. The molecule has 0 aliphatic carbocycles. The number of para-hydroxylation sites is 2. The first-order valence-corrected chi connectivity index (χ1v) is 19.4. The molecule has 0 bridgehead atoms. The molecule has 0 aliphatic heterocycles. The quantitative estimate of drug-likeness (QED) is 0.0465. The molecule has 0 saturated heterocycles. The number of benzene rings is 3. The fraction of sp³-hybridized carbons (Fsp3) is 0.568. The monoisotopic (exact) mass is 656 g/mol. The first-order valence-electron chi connectivity index (χ1n) is 19.4. The number of rotatable bonds is 27. The van der Waals surface area contributed by atoms with Crippen LogP contribution in [-0.4, -0.2) is 19.2 Å². The van der Waals surface area contributed by atoms with Crippen molar-refractivity contribution in [1.29, 1.82) is 0 Å². The van der Waals surface area contributed by atoms with Gasteiger partial charge >= 0.3 is 5.97 Å². The van der Waals surface area contributed by atoms with E-state index in [0.29, 0.717) is 23.7 Å². The van der Waals surface area contributed by atoms with E-state index in [1.165, 1.54) is 115 Å². The van der Waals surface area contributed by atoms with Gasteiger partial charge in [0.25, 0.3) is 0 Å². The van der Waals surface area contributed by atoms with Gasteiger partial charge in [0.15, 0.2) is 11.5 Å². The van der Waals surface area contributed by atoms with Gasteiger partial charge in [-0.3, -0.25) is 0 Å². The summed E-state index contributed by atoms with van der Waals surface area (Å²) < 4.78 is 17.9. The third kappa shape index (κ3) is 15.9. The van der Waals surface area contributed by atoms with E-state index < -0.39 is 0 Å². The Hall–Kier alpha value is -3.11. The molecule has 48 heavy (non-hydrogen) atoms. The highest BCUT2D eigenvalue weighted by Crippen LogP contribution is 2.29. The van der Waals surface area contributed by atoms with E-state index >= 15 is 0 Å². The summed E-state index contributed by atoms with van der Waals surface area (Å²) >= 11 is 0. The van der Waals surface area contributed by atoms with Crippen molar-refractivity contribution in [2.45, 2.75) is 149 Å². The molecule has 0 N–H and O–H groups in total. The van der Waals surface area contributed by atoms with Gasteiger partial charge in [0, 0.05) is 6.61 Å². The highest BCUT2D eigenvalue weighted by molar-refractivity contribution is 5.92. The molecule has 0 amide bonds. The number of esters is 1. The van der Waals surface area contributed by atoms with Gasteiger partial charge in [0.05, 0.1) is 18.3 Å². The van der Waals surface area contributed by atoms with Crippen LogP contribution in [0.1, 0.15) is 165 Å². The largest absolute Gasteiger partial charge is 0.490 e. The Morgan fingerprint density at radius 2 is 0.958 bits per heavy atom. The van der Waals surface area contributed by atoms with Crippen LogP contribution >= 0.6 is 0 Å². The van der Waals surface area contributed by atoms with Crippen molar-refractivity contribution in [2.24, 2.45) is 0 Å². The van der Waals surface area contributed by atoms with Gasteiger partial charge in [-0.05, 0) is 60.7 Å². The van der Waals surface area contributed by atoms with Crippen LogP contribution in [0.5, 0.6) is 11.5 Å². The molecule has 0 aliphatic rings. The standard InChI is InChI=1S/C44H64O4/c1-4-6-8-10-12-13-14-15-16-17-18-20-24-36-47-42-25-21-22-26-43(42)48-44(45)41-33-31-40(32-34-41)39-29-27-38(28-30-39)37(3)46-35-23-19-11-9-7-5-2/h21-22,25-34,37H,4-20,23-24,35-36H2,1-3H3. The van der Waals surface area contributed by atoms with Gasteiger partial charge < -0.3 is 14.2 Å². The molecule has 264 valence electrons. The van der Waals surface area contributed by atoms with E-state index in [2.05, 4.69) is 45.0 Å². The normalized spacial score (nSPS) is 11.8. The van der Waals surface area contributed by atoms with Crippen LogP contribution in [0.3, 0.4) is 0 Å². The smallest absolute Gasteiger partial charge is 0.343 e. The molecule has 3 aromatic carbocycles. The summed E-state index contributed by atoms with van der Waals surface area (Å²) in [5.74, 6) is 0.696. The molecule has 0 saturated carbocycles. The van der Waals surface area contributed by atoms with Crippen molar-refractivity contribution < 1.29 is 19.0 Å². The number of hydrogen-bond donors (Lipinski definition) is 0. The summed E-state index contributed by atoms with van der Waals surface area (Å²) in [6, 6.07) is 23.6. The van der Waals surface area contributed by atoms with E-state index in [4.69, 9.17) is 14.2 Å². The highest BCUT2D eigenvalue weighted by atomic mass is 16.6. The van der Waals surface area contributed by atoms with Crippen LogP contribution in [0, 0.1) is 0 Å². The zero-order chi connectivity index (χ0) is 34.1. The molecule has 4 heteroatoms. The molecule has 0 spiro atoms. The summed E-state index contributed by atoms with van der Waals surface area (Å²) in [7, 11) is 0. The third-order valence-electron chi connectivity index (χ3n) is 9.26. The molecule has 3 rings (SSSR count). The van der Waals surface area contributed by atoms with Gasteiger partial charge in [-0.1, -0.05) is 172 Å². The van der Waals surface area contributed by atoms with Crippen LogP contribution in [0.25, 0.3) is 11.1 Å². The molecule has 0 fully saturated rings. The first-order chi connectivity index (χ1) is 23.6. The number of unbranched alkanes of at least 4 members (excludes halogenated alkanes) is 17. The van der Waals surface area contributed by atoms with Crippen molar-refractivity contribution in [3.8, 4) is 22.6 Å². The van der Waals surface area contributed by atoms with E-state index in [1.54, 1.807) is 6.07 Å². The average Bonchev–Trinajstić information content (AvgIpc) is 3.12. The summed E-state index contributed by atoms with van der Waals surface area (Å²) in [5, 5.41) is 0. The Morgan fingerprint density at radius 3 is 1.48 bits per heavy atom. The minimum absolute atomic E-state index is 0.0769. The van der Waals surface area contributed by atoms with E-state index in [1.807, 2.05) is 42.5 Å². The minimum atomic E-state index is -0.384. The summed E-state index contributed by atoms with van der Waals surface area (Å²) in [6.07, 6.45) is 24.9. The van der Waals surface area contributed by atoms with Crippen molar-refractivity contribution in [3.05, 3.63) is 83.9 Å². The zero-order valence-electron chi connectivity index (χ0n) is 30.5. The average molecular weight is 657 g/mol. The zero-order valence-corrected chi connectivity index (χ0v) is 30.5. The molecular weight excluding hydrogens is 592 g/mol. The third-order valence-corrected chi connectivity index (χ3v) is 9.26. The van der Waals surface area contributed by atoms with Crippen LogP contribution in [0.4, 0.5) is 0 Å². The van der Waals surface area contributed by atoms with Gasteiger partial charge in [0.1, 0.15) is 0 Å². The van der Waals surface area contributed by atoms with Crippen LogP contribution in [-0.2, 0) is 4.74 Å². The summed E-state index contributed by atoms with van der Waals surface area (Å²) in [4.78, 5) is 13.0. The molecule has 1 unspecified atom stereocenters. The lowest BCUT2D eigenvalue weighted by Gasteiger charge is -2.14. The molecule has 0 heterocycles. The predicted molar refractivity (Wildman–Crippen MR) is 202 cm³/mol. The maximum Gasteiger partial charge on any atom is 0.343 e. The Kier molecular flexibility index (Phi) is 20.4. The molecular formula is C44H64O4. The SMILES string of the molecule is CCCCCCCCCCCCCCCOc1ccccc1OC(=O)c1ccc(-c2ccc(C(C)OCCCCCCCC)cc2)cc1. The topological polar surface area (TPSA) is 44.8 Å². The van der Waals surface area contributed by atoms with Crippen LogP contribution in [0.2, 0.25) is 0 Å². The predicted octanol–water partition coefficient (Wildman–Crippen LogP) is 13.5. The maximum atomic E-state index is 13.0. The van der Waals surface area contributed by atoms with Gasteiger partial charge in [-0.2, -0.15) is 0 Å². The molecule has 4 nitrogen and oxygen atoms in total. The van der Waals surface area contributed by atoms with Crippen molar-refractivity contribution in [1.82, 2.24) is 0 Å². The lowest BCUT2D eigenvalue weighted by atomic mass is 10.0. The number of carbonyl (C=O) groups is 1. The van der Waals surface area contributed by atoms with Crippen LogP contribution < -0.4 is 9.47 Å². The molecule has 0 aromatic heterocycles. The molecule has 1 atom stereocenters. The Morgan fingerprint density at radius 1 is 0.521 bits per heavy atom. The van der Waals surface area contributed by atoms with Crippen LogP contribution in [0.15, 0.2) is 72.8 Å². The lowest BCUT2D eigenvalue weighted by molar-refractivity contribution is 0.0627. The summed E-state index contributed by atoms with van der Waals surface area (Å²) in [6.45, 7) is 8.08. The number of hydrogen-bond acceptors (Lipinski definition) is 4. The van der Waals surface area contributed by atoms with Crippen molar-refractivity contribution in [2.75, 3.05) is 13.2 Å². The van der Waals surface area contributed by atoms with E-state index in [0.717, 1.165) is 30.6 Å². The second-order valence-electron chi connectivity index (χ2n) is 13.4. The Bertz CT molecular complexity index is 1230. The van der Waals surface area contributed by atoms with Gasteiger partial charge in [-0.15, -0.1) is 0 Å². The maximum absolute atomic E-state index is 13.0. The molecule has 0 radical (unpaired) electrons. The fourth-order valence-electron chi connectivity index (χ4n) is 6.10. The van der Waals surface area contributed by atoms with E-state index in [9.17, 15) is 4.79 Å². The van der Waals surface area contributed by atoms with Gasteiger partial charge in [-0.25, -0.2) is 4.79 Å². The highest BCUT2D eigenvalue weighted by Gasteiger charge is 2.13. The lowest BCUT2D eigenvalue weighted by Crippen LogP contribution is -2.10. The van der Waals surface area contributed by atoms with Gasteiger partial charge in [0.2, 0.25) is 0 Å². The summed E-state index contributed by atoms with van der Waals surface area (Å²) in [5.41, 5.74) is 3.85. The first kappa shape index (κ1) is 39.3. The second kappa shape index (κ2) is 24.9. The minimum Gasteiger partial charge on any atom is -0.490 e. The fourth-order valence-corrected chi connectivity index (χ4v) is 6.10. The van der Waals surface area contributed by atoms with Crippen molar-refractivity contribution >= 4 is 5.97 Å². The second-order valence-corrected chi connectivity index (χ2v) is 13.4. The van der Waals surface area contributed by atoms with Crippen molar-refractivity contribution in [3.63, 3.8) is 0 Å².